The Morgan fingerprint density at radius 1 is 0.971 bits per heavy atom. The average Bonchev–Trinajstić information content (AvgIpc) is 2.78. The number of nitrogens with one attached hydrogen (secondary N) is 1. The summed E-state index contributed by atoms with van der Waals surface area (Å²) in [5, 5.41) is 8.47. The van der Waals surface area contributed by atoms with Gasteiger partial charge in [0.25, 0.3) is 0 Å². The van der Waals surface area contributed by atoms with Crippen LogP contribution in [-0.4, -0.2) is 16.9 Å². The largest absolute Gasteiger partial charge is 0.430 e. The maximum Gasteiger partial charge on any atom is 0.430 e. The number of anilines is 3. The van der Waals surface area contributed by atoms with E-state index in [1.165, 1.54) is 11.8 Å². The number of benzene rings is 2. The van der Waals surface area contributed by atoms with Gasteiger partial charge in [-0.2, -0.15) is 13.2 Å². The van der Waals surface area contributed by atoms with Crippen molar-refractivity contribution < 1.29 is 13.2 Å². The fourth-order valence-electron chi connectivity index (χ4n) is 4.61. The van der Waals surface area contributed by atoms with Crippen molar-refractivity contribution in [3.63, 3.8) is 0 Å². The number of pyridine rings is 1. The van der Waals surface area contributed by atoms with Gasteiger partial charge < -0.3 is 10.6 Å². The Morgan fingerprint density at radius 2 is 1.60 bits per heavy atom. The molecule has 4 rings (SSSR count). The predicted octanol–water partition coefficient (Wildman–Crippen LogP) is 7.26. The zero-order chi connectivity index (χ0) is 25.8. The van der Waals surface area contributed by atoms with Crippen molar-refractivity contribution >= 4 is 22.8 Å². The van der Waals surface area contributed by atoms with E-state index in [1.807, 2.05) is 56.3 Å². The van der Waals surface area contributed by atoms with Gasteiger partial charge in [0, 0.05) is 22.9 Å². The van der Waals surface area contributed by atoms with Gasteiger partial charge in [-0.05, 0) is 46.9 Å². The molecule has 0 atom stereocenters. The third-order valence-electron chi connectivity index (χ3n) is 6.49. The number of nitrogens with two attached hydrogens (primary N) is 1. The minimum Gasteiger partial charge on any atom is -0.395 e. The van der Waals surface area contributed by atoms with Crippen molar-refractivity contribution in [1.82, 2.24) is 4.98 Å². The summed E-state index contributed by atoms with van der Waals surface area (Å²) in [7, 11) is 0. The highest BCUT2D eigenvalue weighted by molar-refractivity contribution is 6.08. The molecule has 0 unspecified atom stereocenters. The van der Waals surface area contributed by atoms with E-state index in [2.05, 4.69) is 42.8 Å². The summed E-state index contributed by atoms with van der Waals surface area (Å²) in [4.78, 5) is 6.43. The molecule has 0 aliphatic carbocycles. The normalized spacial score (nSPS) is 15.4. The second-order valence-electron chi connectivity index (χ2n) is 10.3. The zero-order valence-electron chi connectivity index (χ0n) is 20.5. The summed E-state index contributed by atoms with van der Waals surface area (Å²) >= 11 is 0. The molecule has 1 aliphatic heterocycles. The summed E-state index contributed by atoms with van der Waals surface area (Å²) < 4.78 is 39.3. The highest BCUT2D eigenvalue weighted by Gasteiger charge is 2.40. The molecule has 35 heavy (non-hydrogen) atoms. The first-order chi connectivity index (χ1) is 16.2. The van der Waals surface area contributed by atoms with Crippen LogP contribution in [0.15, 0.2) is 72.6 Å². The van der Waals surface area contributed by atoms with Crippen LogP contribution in [0.2, 0.25) is 0 Å². The first-order valence-corrected chi connectivity index (χ1v) is 11.4. The van der Waals surface area contributed by atoms with Crippen LogP contribution in [0.3, 0.4) is 0 Å². The third-order valence-corrected chi connectivity index (χ3v) is 6.49. The van der Waals surface area contributed by atoms with E-state index in [1.54, 1.807) is 0 Å². The molecule has 3 N–H and O–H groups in total. The summed E-state index contributed by atoms with van der Waals surface area (Å²) in [6.45, 7) is 10.5. The molecule has 0 fully saturated rings. The van der Waals surface area contributed by atoms with Gasteiger partial charge in [0.1, 0.15) is 5.70 Å². The Morgan fingerprint density at radius 3 is 2.20 bits per heavy atom. The van der Waals surface area contributed by atoms with Crippen LogP contribution < -0.4 is 10.6 Å². The van der Waals surface area contributed by atoms with Crippen LogP contribution >= 0.6 is 0 Å². The van der Waals surface area contributed by atoms with Crippen molar-refractivity contribution in [2.75, 3.05) is 4.90 Å². The Hall–Kier alpha value is -3.61. The third kappa shape index (κ3) is 4.31. The molecule has 1 aliphatic rings. The van der Waals surface area contributed by atoms with E-state index in [9.17, 15) is 13.2 Å². The summed E-state index contributed by atoms with van der Waals surface area (Å²) in [6.07, 6.45) is -2.55. The molecule has 0 saturated heterocycles. The highest BCUT2D eigenvalue weighted by Crippen LogP contribution is 2.52. The number of nitrogens with zero attached hydrogens (tertiary/aromatic N) is 2. The van der Waals surface area contributed by atoms with E-state index in [4.69, 9.17) is 11.1 Å². The predicted molar refractivity (Wildman–Crippen MR) is 135 cm³/mol. The molecule has 0 radical (unpaired) electrons. The number of para-hydroxylation sites is 1. The lowest BCUT2D eigenvalue weighted by molar-refractivity contribution is -0.0925. The Labute approximate surface area is 203 Å². The van der Waals surface area contributed by atoms with Crippen molar-refractivity contribution in [3.05, 3.63) is 95.0 Å². The van der Waals surface area contributed by atoms with Gasteiger partial charge in [-0.1, -0.05) is 65.0 Å². The van der Waals surface area contributed by atoms with Gasteiger partial charge in [0.2, 0.25) is 0 Å². The van der Waals surface area contributed by atoms with Gasteiger partial charge in [0.05, 0.1) is 22.8 Å². The van der Waals surface area contributed by atoms with Crippen LogP contribution in [0.5, 0.6) is 0 Å². The van der Waals surface area contributed by atoms with Crippen molar-refractivity contribution in [3.8, 4) is 0 Å². The van der Waals surface area contributed by atoms with Gasteiger partial charge in [0.15, 0.2) is 0 Å². The van der Waals surface area contributed by atoms with Crippen molar-refractivity contribution in [2.45, 2.75) is 51.6 Å². The molecule has 0 spiro atoms. The number of alkyl halides is 3. The number of rotatable bonds is 3. The minimum atomic E-state index is -4.72. The lowest BCUT2D eigenvalue weighted by Gasteiger charge is -2.42. The molecule has 7 heteroatoms. The maximum atomic E-state index is 13.1. The van der Waals surface area contributed by atoms with Crippen LogP contribution in [0.4, 0.5) is 30.2 Å². The second-order valence-corrected chi connectivity index (χ2v) is 10.3. The molecule has 2 heterocycles. The summed E-state index contributed by atoms with van der Waals surface area (Å²) in [5.41, 5.74) is 8.58. The summed E-state index contributed by atoms with van der Waals surface area (Å²) in [5.74, 6) is 0. The number of aromatic nitrogens is 1. The van der Waals surface area contributed by atoms with Gasteiger partial charge in [-0.15, -0.1) is 0 Å². The SMILES string of the molecule is CC(C)(C)c1ccc(N2c3ccccc3C(C)(C)c3c2ccnc3C(=N)C=C(N)C(F)(F)F)cc1. The first kappa shape index (κ1) is 24.5. The average molecular weight is 479 g/mol. The standard InChI is InChI=1S/C28H29F3N4/c1-26(2,3)17-10-12-18(13-11-17)35-21-9-7-6-8-19(21)27(4,5)24-22(35)14-15-34-25(24)20(32)16-23(33)28(29,30)31/h6-16,32H,33H2,1-5H3. The molecule has 0 saturated carbocycles. The molecule has 0 amide bonds. The Balaban J connectivity index is 1.95. The van der Waals surface area contributed by atoms with E-state index < -0.39 is 17.3 Å². The quantitative estimate of drug-likeness (QED) is 0.389. The van der Waals surface area contributed by atoms with Crippen molar-refractivity contribution in [2.24, 2.45) is 5.73 Å². The monoisotopic (exact) mass is 478 g/mol. The molecular weight excluding hydrogens is 449 g/mol. The molecule has 0 bridgehead atoms. The number of halogens is 3. The second kappa shape index (κ2) is 8.26. The first-order valence-electron chi connectivity index (χ1n) is 11.4. The van der Waals surface area contributed by atoms with Crippen LogP contribution in [0.25, 0.3) is 0 Å². The number of fused-ring (bicyclic) bond motifs is 2. The molecule has 4 nitrogen and oxygen atoms in total. The van der Waals surface area contributed by atoms with E-state index in [0.29, 0.717) is 11.6 Å². The van der Waals surface area contributed by atoms with E-state index in [-0.39, 0.29) is 16.8 Å². The van der Waals surface area contributed by atoms with E-state index in [0.717, 1.165) is 22.6 Å². The van der Waals surface area contributed by atoms with Crippen molar-refractivity contribution in [1.29, 1.82) is 5.41 Å². The Bertz CT molecular complexity index is 1310. The lowest BCUT2D eigenvalue weighted by Crippen LogP contribution is -2.33. The van der Waals surface area contributed by atoms with Crippen LogP contribution in [0, 0.1) is 5.41 Å². The number of hydrogen-bond acceptors (Lipinski definition) is 4. The van der Waals surface area contributed by atoms with E-state index >= 15 is 0 Å². The fraction of sp³-hybridized carbons (Fsp3) is 0.286. The summed E-state index contributed by atoms with van der Waals surface area (Å²) in [6, 6.07) is 18.1. The van der Waals surface area contributed by atoms with Crippen LogP contribution in [-0.2, 0) is 10.8 Å². The highest BCUT2D eigenvalue weighted by atomic mass is 19.4. The smallest absolute Gasteiger partial charge is 0.395 e. The number of allylic oxidation sites excluding steroid dienone is 2. The van der Waals surface area contributed by atoms with Gasteiger partial charge >= 0.3 is 6.18 Å². The van der Waals surface area contributed by atoms with Gasteiger partial charge in [-0.25, -0.2) is 0 Å². The minimum absolute atomic E-state index is 0.00481. The molecule has 3 aromatic rings. The Kier molecular flexibility index (Phi) is 5.78. The number of hydrogen-bond donors (Lipinski definition) is 2. The maximum absolute atomic E-state index is 13.1. The molecule has 1 aromatic heterocycles. The van der Waals surface area contributed by atoms with Gasteiger partial charge in [-0.3, -0.25) is 10.4 Å². The topological polar surface area (TPSA) is 66.0 Å². The van der Waals surface area contributed by atoms with Crippen LogP contribution in [0.1, 0.15) is 57.0 Å². The molecule has 182 valence electrons. The fourth-order valence-corrected chi connectivity index (χ4v) is 4.61. The molecule has 2 aromatic carbocycles. The lowest BCUT2D eigenvalue weighted by atomic mass is 9.72. The molecular formula is C28H29F3N4. The zero-order valence-corrected chi connectivity index (χ0v) is 20.5.